The van der Waals surface area contributed by atoms with Crippen LogP contribution in [0.25, 0.3) is 0 Å². The van der Waals surface area contributed by atoms with Crippen LogP contribution in [0.3, 0.4) is 0 Å². The van der Waals surface area contributed by atoms with Gasteiger partial charge in [-0.15, -0.1) is 0 Å². The molecule has 2 nitrogen and oxygen atoms in total. The van der Waals surface area contributed by atoms with Crippen molar-refractivity contribution in [2.75, 3.05) is 6.61 Å². The molecule has 0 bridgehead atoms. The summed E-state index contributed by atoms with van der Waals surface area (Å²) in [6.45, 7) is 0.599. The third-order valence-corrected chi connectivity index (χ3v) is 2.96. The van der Waals surface area contributed by atoms with E-state index in [1.165, 1.54) is 5.56 Å². The smallest absolute Gasteiger partial charge is 0.169 e. The predicted molar refractivity (Wildman–Crippen MR) is 75.5 cm³/mol. The van der Waals surface area contributed by atoms with Crippen molar-refractivity contribution in [1.29, 1.82) is 5.26 Å². The second-order valence-corrected chi connectivity index (χ2v) is 4.38. The molecule has 2 aromatic carbocycles. The molecule has 0 saturated carbocycles. The molecule has 0 aromatic heterocycles. The van der Waals surface area contributed by atoms with E-state index < -0.39 is 6.10 Å². The van der Waals surface area contributed by atoms with Gasteiger partial charge in [0, 0.05) is 6.61 Å². The number of nitrogens with zero attached hydrogens (tertiary/aromatic N) is 1. The molecule has 0 aliphatic heterocycles. The van der Waals surface area contributed by atoms with Crippen molar-refractivity contribution in [2.45, 2.75) is 18.9 Å². The molecule has 0 amide bonds. The van der Waals surface area contributed by atoms with Crippen LogP contribution in [0.1, 0.15) is 23.7 Å². The van der Waals surface area contributed by atoms with Gasteiger partial charge in [0.25, 0.3) is 0 Å². The van der Waals surface area contributed by atoms with Crippen molar-refractivity contribution < 1.29 is 4.74 Å². The molecule has 1 atom stereocenters. The van der Waals surface area contributed by atoms with E-state index in [0.29, 0.717) is 6.61 Å². The first-order valence-electron chi connectivity index (χ1n) is 6.50. The normalized spacial score (nSPS) is 11.7. The Balaban J connectivity index is 1.77. The standard InChI is InChI=1S/C17H17NO/c18-14-17(16-11-5-2-6-12-16)19-13-7-10-15-8-3-1-4-9-15/h1-6,8-9,11-12,17H,7,10,13H2. The summed E-state index contributed by atoms with van der Waals surface area (Å²) < 4.78 is 5.64. The van der Waals surface area contributed by atoms with Crippen LogP contribution in [0.2, 0.25) is 0 Å². The summed E-state index contributed by atoms with van der Waals surface area (Å²) >= 11 is 0. The van der Waals surface area contributed by atoms with Gasteiger partial charge < -0.3 is 4.74 Å². The van der Waals surface area contributed by atoms with Crippen LogP contribution in [0.15, 0.2) is 60.7 Å². The van der Waals surface area contributed by atoms with E-state index in [9.17, 15) is 0 Å². The number of nitriles is 1. The second kappa shape index (κ2) is 7.35. The number of ether oxygens (including phenoxy) is 1. The first kappa shape index (κ1) is 13.3. The van der Waals surface area contributed by atoms with E-state index >= 15 is 0 Å². The minimum atomic E-state index is -0.461. The van der Waals surface area contributed by atoms with Crippen molar-refractivity contribution in [3.8, 4) is 6.07 Å². The molecule has 96 valence electrons. The van der Waals surface area contributed by atoms with Crippen molar-refractivity contribution in [2.24, 2.45) is 0 Å². The third-order valence-electron chi connectivity index (χ3n) is 2.96. The third kappa shape index (κ3) is 4.24. The fourth-order valence-electron chi connectivity index (χ4n) is 1.96. The van der Waals surface area contributed by atoms with E-state index in [1.54, 1.807) is 0 Å². The van der Waals surface area contributed by atoms with Gasteiger partial charge in [0.1, 0.15) is 0 Å². The lowest BCUT2D eigenvalue weighted by Gasteiger charge is -2.10. The molecule has 1 unspecified atom stereocenters. The number of aryl methyl sites for hydroxylation is 1. The van der Waals surface area contributed by atoms with Crippen LogP contribution in [-0.4, -0.2) is 6.61 Å². The summed E-state index contributed by atoms with van der Waals surface area (Å²) in [5, 5.41) is 9.12. The Morgan fingerprint density at radius 2 is 1.58 bits per heavy atom. The minimum Gasteiger partial charge on any atom is -0.359 e. The highest BCUT2D eigenvalue weighted by Crippen LogP contribution is 2.16. The van der Waals surface area contributed by atoms with E-state index in [-0.39, 0.29) is 0 Å². The Morgan fingerprint density at radius 3 is 2.21 bits per heavy atom. The molecular formula is C17H17NO. The molecule has 0 heterocycles. The lowest BCUT2D eigenvalue weighted by atomic mass is 10.1. The highest BCUT2D eigenvalue weighted by Gasteiger charge is 2.09. The fraction of sp³-hybridized carbons (Fsp3) is 0.235. The molecule has 2 aromatic rings. The Kier molecular flexibility index (Phi) is 5.16. The maximum atomic E-state index is 9.12. The molecule has 0 spiro atoms. The minimum absolute atomic E-state index is 0.461. The van der Waals surface area contributed by atoms with Crippen molar-refractivity contribution in [1.82, 2.24) is 0 Å². The van der Waals surface area contributed by atoms with Crippen molar-refractivity contribution in [3.05, 3.63) is 71.8 Å². The van der Waals surface area contributed by atoms with Gasteiger partial charge in [-0.3, -0.25) is 0 Å². The number of hydrogen-bond donors (Lipinski definition) is 0. The zero-order valence-electron chi connectivity index (χ0n) is 10.8. The van der Waals surface area contributed by atoms with Gasteiger partial charge in [-0.1, -0.05) is 60.7 Å². The summed E-state index contributed by atoms with van der Waals surface area (Å²) in [7, 11) is 0. The number of benzene rings is 2. The second-order valence-electron chi connectivity index (χ2n) is 4.38. The van der Waals surface area contributed by atoms with Crippen LogP contribution in [0, 0.1) is 11.3 Å². The van der Waals surface area contributed by atoms with Gasteiger partial charge in [-0.05, 0) is 24.0 Å². The maximum Gasteiger partial charge on any atom is 0.169 e. The largest absolute Gasteiger partial charge is 0.359 e. The summed E-state index contributed by atoms with van der Waals surface area (Å²) in [4.78, 5) is 0. The summed E-state index contributed by atoms with van der Waals surface area (Å²) in [6, 6.07) is 22.1. The quantitative estimate of drug-likeness (QED) is 0.729. The number of rotatable bonds is 6. The zero-order valence-corrected chi connectivity index (χ0v) is 10.8. The lowest BCUT2D eigenvalue weighted by Crippen LogP contribution is -2.04. The Hall–Kier alpha value is -2.11. The van der Waals surface area contributed by atoms with Crippen molar-refractivity contribution in [3.63, 3.8) is 0 Å². The number of hydrogen-bond acceptors (Lipinski definition) is 2. The van der Waals surface area contributed by atoms with Gasteiger partial charge in [0.2, 0.25) is 0 Å². The topological polar surface area (TPSA) is 33.0 Å². The Labute approximate surface area is 114 Å². The average Bonchev–Trinajstić information content (AvgIpc) is 2.49. The molecule has 0 aliphatic carbocycles. The van der Waals surface area contributed by atoms with Gasteiger partial charge in [0.05, 0.1) is 6.07 Å². The Bertz CT molecular complexity index is 516. The van der Waals surface area contributed by atoms with Gasteiger partial charge >= 0.3 is 0 Å². The summed E-state index contributed by atoms with van der Waals surface area (Å²) in [5.74, 6) is 0. The molecule has 0 saturated heterocycles. The van der Waals surface area contributed by atoms with Gasteiger partial charge in [0.15, 0.2) is 6.10 Å². The molecule has 0 N–H and O–H groups in total. The molecule has 19 heavy (non-hydrogen) atoms. The molecular weight excluding hydrogens is 234 g/mol. The summed E-state index contributed by atoms with van der Waals surface area (Å²) in [5.41, 5.74) is 2.23. The van der Waals surface area contributed by atoms with Crippen LogP contribution in [-0.2, 0) is 11.2 Å². The lowest BCUT2D eigenvalue weighted by molar-refractivity contribution is 0.0884. The fourth-order valence-corrected chi connectivity index (χ4v) is 1.96. The zero-order chi connectivity index (χ0) is 13.3. The molecule has 0 fully saturated rings. The molecule has 0 radical (unpaired) electrons. The van der Waals surface area contributed by atoms with E-state index in [2.05, 4.69) is 18.2 Å². The van der Waals surface area contributed by atoms with Gasteiger partial charge in [-0.2, -0.15) is 5.26 Å². The van der Waals surface area contributed by atoms with E-state index in [4.69, 9.17) is 10.00 Å². The van der Waals surface area contributed by atoms with Crippen LogP contribution >= 0.6 is 0 Å². The van der Waals surface area contributed by atoms with Crippen LogP contribution < -0.4 is 0 Å². The molecule has 0 aliphatic rings. The maximum absolute atomic E-state index is 9.12. The Morgan fingerprint density at radius 1 is 0.947 bits per heavy atom. The first-order chi connectivity index (χ1) is 9.40. The molecule has 2 rings (SSSR count). The monoisotopic (exact) mass is 251 g/mol. The summed E-state index contributed by atoms with van der Waals surface area (Å²) in [6.07, 6.45) is 1.44. The van der Waals surface area contributed by atoms with E-state index in [0.717, 1.165) is 18.4 Å². The highest BCUT2D eigenvalue weighted by atomic mass is 16.5. The highest BCUT2D eigenvalue weighted by molar-refractivity contribution is 5.22. The molecule has 2 heteroatoms. The SMILES string of the molecule is N#CC(OCCCc1ccccc1)c1ccccc1. The van der Waals surface area contributed by atoms with Crippen LogP contribution in [0.4, 0.5) is 0 Å². The van der Waals surface area contributed by atoms with Crippen LogP contribution in [0.5, 0.6) is 0 Å². The van der Waals surface area contributed by atoms with E-state index in [1.807, 2.05) is 48.5 Å². The van der Waals surface area contributed by atoms with Gasteiger partial charge in [-0.25, -0.2) is 0 Å². The first-order valence-corrected chi connectivity index (χ1v) is 6.50. The van der Waals surface area contributed by atoms with Crippen molar-refractivity contribution >= 4 is 0 Å². The average molecular weight is 251 g/mol. The predicted octanol–water partition coefficient (Wildman–Crippen LogP) is 3.90.